The highest BCUT2D eigenvalue weighted by Gasteiger charge is 2.32. The van der Waals surface area contributed by atoms with Gasteiger partial charge in [0.1, 0.15) is 12.4 Å². The second kappa shape index (κ2) is 8.03. The highest BCUT2D eigenvalue weighted by atomic mass is 127. The lowest BCUT2D eigenvalue weighted by Gasteiger charge is -2.25. The second-order valence-electron chi connectivity index (χ2n) is 7.09. The van der Waals surface area contributed by atoms with Crippen molar-refractivity contribution in [3.63, 3.8) is 0 Å². The summed E-state index contributed by atoms with van der Waals surface area (Å²) in [4.78, 5) is 9.84. The molecule has 1 aliphatic carbocycles. The van der Waals surface area contributed by atoms with E-state index in [-0.39, 0.29) is 24.0 Å². The minimum absolute atomic E-state index is 0. The van der Waals surface area contributed by atoms with E-state index < -0.39 is 0 Å². The van der Waals surface area contributed by atoms with Crippen LogP contribution in [0.3, 0.4) is 0 Å². The Labute approximate surface area is 166 Å². The molecule has 1 N–H and O–H groups in total. The van der Waals surface area contributed by atoms with Gasteiger partial charge in [0.25, 0.3) is 0 Å². The third kappa shape index (κ3) is 4.33. The highest BCUT2D eigenvalue weighted by molar-refractivity contribution is 14.0. The van der Waals surface area contributed by atoms with Crippen molar-refractivity contribution >= 4 is 29.9 Å². The fourth-order valence-corrected chi connectivity index (χ4v) is 3.41. The molecule has 1 atom stereocenters. The Hall–Kier alpha value is -1.16. The van der Waals surface area contributed by atoms with Crippen molar-refractivity contribution < 1.29 is 0 Å². The van der Waals surface area contributed by atoms with Crippen LogP contribution in [0.4, 0.5) is 0 Å². The van der Waals surface area contributed by atoms with Gasteiger partial charge in [-0.2, -0.15) is 0 Å². The number of aromatic nitrogens is 3. The Balaban J connectivity index is 0.00000182. The van der Waals surface area contributed by atoms with Crippen LogP contribution in [-0.2, 0) is 13.6 Å². The summed E-state index contributed by atoms with van der Waals surface area (Å²) in [6, 6.07) is 1.25. The molecule has 3 heterocycles. The Morgan fingerprint density at radius 2 is 2.00 bits per heavy atom. The van der Waals surface area contributed by atoms with Gasteiger partial charge in [-0.25, -0.2) is 4.99 Å². The number of hydrogen-bond acceptors (Lipinski definition) is 4. The molecular weight excluding hydrogens is 429 g/mol. The predicted molar refractivity (Wildman–Crippen MR) is 109 cm³/mol. The summed E-state index contributed by atoms with van der Waals surface area (Å²) in [7, 11) is 2.00. The molecule has 1 aromatic rings. The van der Waals surface area contributed by atoms with Crippen molar-refractivity contribution in [1.29, 1.82) is 0 Å². The second-order valence-corrected chi connectivity index (χ2v) is 7.09. The molecule has 2 fully saturated rings. The molecule has 1 unspecified atom stereocenters. The van der Waals surface area contributed by atoms with Crippen LogP contribution in [-0.4, -0.2) is 68.8 Å². The zero-order valence-corrected chi connectivity index (χ0v) is 17.4. The molecule has 138 valence electrons. The van der Waals surface area contributed by atoms with Crippen LogP contribution in [0.5, 0.6) is 0 Å². The average Bonchev–Trinajstić information content (AvgIpc) is 2.99. The third-order valence-corrected chi connectivity index (χ3v) is 5.29. The van der Waals surface area contributed by atoms with E-state index in [1.807, 2.05) is 18.5 Å². The molecule has 3 aliphatic rings. The quantitative estimate of drug-likeness (QED) is 0.320. The maximum absolute atomic E-state index is 4.87. The molecule has 0 aromatic carbocycles. The number of nitrogens with one attached hydrogen (secondary N) is 1. The van der Waals surface area contributed by atoms with Gasteiger partial charge in [0, 0.05) is 45.3 Å². The molecule has 1 aromatic heterocycles. The van der Waals surface area contributed by atoms with E-state index in [4.69, 9.17) is 4.99 Å². The summed E-state index contributed by atoms with van der Waals surface area (Å²) in [5.74, 6) is 2.90. The largest absolute Gasteiger partial charge is 0.353 e. The fourth-order valence-electron chi connectivity index (χ4n) is 3.41. The molecule has 25 heavy (non-hydrogen) atoms. The third-order valence-electron chi connectivity index (χ3n) is 5.29. The molecule has 1 saturated heterocycles. The molecule has 4 rings (SSSR count). The first kappa shape index (κ1) is 18.6. The lowest BCUT2D eigenvalue weighted by Crippen LogP contribution is -2.43. The van der Waals surface area contributed by atoms with Gasteiger partial charge in [0.15, 0.2) is 11.8 Å². The molecule has 0 spiro atoms. The van der Waals surface area contributed by atoms with E-state index in [0.29, 0.717) is 18.6 Å². The lowest BCUT2D eigenvalue weighted by atomic mass is 10.2. The van der Waals surface area contributed by atoms with E-state index in [2.05, 4.69) is 37.5 Å². The summed E-state index contributed by atoms with van der Waals surface area (Å²) in [5.41, 5.74) is 0. The Morgan fingerprint density at radius 3 is 2.64 bits per heavy atom. The zero-order chi connectivity index (χ0) is 16.5. The van der Waals surface area contributed by atoms with Gasteiger partial charge in [-0.3, -0.25) is 4.90 Å². The molecular formula is C17H28IN7. The normalized spacial score (nSPS) is 24.0. The monoisotopic (exact) mass is 457 g/mol. The summed E-state index contributed by atoms with van der Waals surface area (Å²) in [6.45, 7) is 6.89. The predicted octanol–water partition coefficient (Wildman–Crippen LogP) is 1.30. The average molecular weight is 457 g/mol. The van der Waals surface area contributed by atoms with E-state index >= 15 is 0 Å². The van der Waals surface area contributed by atoms with Crippen molar-refractivity contribution in [1.82, 2.24) is 29.9 Å². The van der Waals surface area contributed by atoms with Crippen molar-refractivity contribution in [2.75, 3.05) is 26.2 Å². The Morgan fingerprint density at radius 1 is 1.24 bits per heavy atom. The molecule has 0 radical (unpaired) electrons. The first-order chi connectivity index (χ1) is 11.7. The van der Waals surface area contributed by atoms with Gasteiger partial charge in [-0.05, 0) is 26.2 Å². The van der Waals surface area contributed by atoms with Crippen LogP contribution in [0.2, 0.25) is 0 Å². The summed E-state index contributed by atoms with van der Waals surface area (Å²) < 4.78 is 2.01. The van der Waals surface area contributed by atoms with Gasteiger partial charge in [0.2, 0.25) is 0 Å². The molecule has 1 saturated carbocycles. The van der Waals surface area contributed by atoms with Crippen molar-refractivity contribution in [3.05, 3.63) is 23.8 Å². The minimum Gasteiger partial charge on any atom is -0.353 e. The number of likely N-dealkylation sites (tertiary alicyclic amines) is 1. The molecule has 8 heteroatoms. The van der Waals surface area contributed by atoms with Gasteiger partial charge >= 0.3 is 0 Å². The van der Waals surface area contributed by atoms with Crippen LogP contribution >= 0.6 is 24.0 Å². The van der Waals surface area contributed by atoms with Crippen LogP contribution in [0.1, 0.15) is 30.9 Å². The smallest absolute Gasteiger partial charge is 0.194 e. The standard InChI is InChI=1S/C17H27N7.HI/c1-13-20-21-16(22(13)2)11-18-17(19-14-5-6-14)24-10-7-15(12-24)23-8-3-4-9-23;/h3-4,14-15H,5-12H2,1-2H3,(H,18,19);1H. The SMILES string of the molecule is Cc1nnc(CN=C(NC2CC2)N2CCC(N3CC=CC3)C2)n1C.I. The summed E-state index contributed by atoms with van der Waals surface area (Å²) in [6.07, 6.45) is 8.29. The maximum atomic E-state index is 4.87. The molecule has 0 bridgehead atoms. The number of aryl methyl sites for hydroxylation is 1. The first-order valence-electron chi connectivity index (χ1n) is 9.00. The van der Waals surface area contributed by atoms with Gasteiger partial charge in [-0.15, -0.1) is 34.2 Å². The highest BCUT2D eigenvalue weighted by Crippen LogP contribution is 2.22. The Kier molecular flexibility index (Phi) is 5.98. The lowest BCUT2D eigenvalue weighted by molar-refractivity contribution is 0.259. The van der Waals surface area contributed by atoms with E-state index in [1.54, 1.807) is 0 Å². The van der Waals surface area contributed by atoms with Crippen LogP contribution in [0.25, 0.3) is 0 Å². The fraction of sp³-hybridized carbons (Fsp3) is 0.706. The van der Waals surface area contributed by atoms with E-state index in [0.717, 1.165) is 43.8 Å². The summed E-state index contributed by atoms with van der Waals surface area (Å²) >= 11 is 0. The summed E-state index contributed by atoms with van der Waals surface area (Å²) in [5, 5.41) is 12.0. The number of guanidine groups is 1. The minimum atomic E-state index is 0. The van der Waals surface area contributed by atoms with E-state index in [1.165, 1.54) is 19.3 Å². The van der Waals surface area contributed by atoms with Crippen LogP contribution in [0, 0.1) is 6.92 Å². The number of halogens is 1. The first-order valence-corrected chi connectivity index (χ1v) is 9.00. The number of aliphatic imine (C=N–C) groups is 1. The van der Waals surface area contributed by atoms with E-state index in [9.17, 15) is 0 Å². The number of nitrogens with zero attached hydrogens (tertiary/aromatic N) is 6. The van der Waals surface area contributed by atoms with Gasteiger partial charge in [-0.1, -0.05) is 12.2 Å². The molecule has 7 nitrogen and oxygen atoms in total. The van der Waals surface area contributed by atoms with Crippen molar-refractivity contribution in [2.45, 2.75) is 44.8 Å². The van der Waals surface area contributed by atoms with Crippen molar-refractivity contribution in [3.8, 4) is 0 Å². The maximum Gasteiger partial charge on any atom is 0.194 e. The zero-order valence-electron chi connectivity index (χ0n) is 15.1. The van der Waals surface area contributed by atoms with Crippen LogP contribution in [0.15, 0.2) is 17.1 Å². The van der Waals surface area contributed by atoms with Gasteiger partial charge in [0.05, 0.1) is 0 Å². The van der Waals surface area contributed by atoms with Crippen molar-refractivity contribution in [2.24, 2.45) is 12.0 Å². The topological polar surface area (TPSA) is 61.6 Å². The van der Waals surface area contributed by atoms with Crippen LogP contribution < -0.4 is 5.32 Å². The number of rotatable bonds is 4. The van der Waals surface area contributed by atoms with Gasteiger partial charge < -0.3 is 14.8 Å². The molecule has 2 aliphatic heterocycles. The number of hydrogen-bond donors (Lipinski definition) is 1. The Bertz CT molecular complexity index is 641. The molecule has 0 amide bonds.